The Hall–Kier alpha value is -2.76. The fourth-order valence-electron chi connectivity index (χ4n) is 1.90. The Kier molecular flexibility index (Phi) is 3.36. The molecule has 1 aromatic carbocycles. The molecule has 0 saturated carbocycles. The standard InChI is InChI=1S/C14H13N5O/c1-10-6-11(14-19-18-9-20-14)2-3-13(10)17-8-12-7-15-4-5-16-12/h2-7,9,17H,8H2,1H3. The minimum atomic E-state index is 0.522. The van der Waals surface area contributed by atoms with Crippen molar-refractivity contribution >= 4 is 5.69 Å². The van der Waals surface area contributed by atoms with Crippen LogP contribution in [0.1, 0.15) is 11.3 Å². The van der Waals surface area contributed by atoms with Gasteiger partial charge in [-0.3, -0.25) is 9.97 Å². The summed E-state index contributed by atoms with van der Waals surface area (Å²) in [4.78, 5) is 8.26. The van der Waals surface area contributed by atoms with Gasteiger partial charge in [0.2, 0.25) is 12.3 Å². The van der Waals surface area contributed by atoms with Crippen LogP contribution in [0.5, 0.6) is 0 Å². The van der Waals surface area contributed by atoms with Crippen molar-refractivity contribution in [1.29, 1.82) is 0 Å². The van der Waals surface area contributed by atoms with E-state index in [4.69, 9.17) is 4.42 Å². The van der Waals surface area contributed by atoms with Gasteiger partial charge in [-0.05, 0) is 30.7 Å². The molecular formula is C14H13N5O. The van der Waals surface area contributed by atoms with Crippen LogP contribution in [-0.4, -0.2) is 20.2 Å². The molecule has 100 valence electrons. The highest BCUT2D eigenvalue weighted by atomic mass is 16.4. The zero-order chi connectivity index (χ0) is 13.8. The molecule has 0 unspecified atom stereocenters. The molecule has 0 aliphatic rings. The smallest absolute Gasteiger partial charge is 0.247 e. The van der Waals surface area contributed by atoms with E-state index in [9.17, 15) is 0 Å². The molecule has 6 heteroatoms. The summed E-state index contributed by atoms with van der Waals surface area (Å²) in [7, 11) is 0. The third-order valence-corrected chi connectivity index (χ3v) is 2.91. The van der Waals surface area contributed by atoms with Crippen molar-refractivity contribution in [2.75, 3.05) is 5.32 Å². The summed E-state index contributed by atoms with van der Waals surface area (Å²) in [6.45, 7) is 2.66. The van der Waals surface area contributed by atoms with E-state index in [1.165, 1.54) is 6.39 Å². The van der Waals surface area contributed by atoms with Crippen LogP contribution in [0, 0.1) is 6.92 Å². The average molecular weight is 267 g/mol. The Balaban J connectivity index is 1.75. The number of aryl methyl sites for hydroxylation is 1. The first kappa shape index (κ1) is 12.3. The van der Waals surface area contributed by atoms with Crippen molar-refractivity contribution in [2.45, 2.75) is 13.5 Å². The van der Waals surface area contributed by atoms with Gasteiger partial charge in [-0.25, -0.2) is 0 Å². The molecule has 0 atom stereocenters. The molecule has 0 spiro atoms. The first-order chi connectivity index (χ1) is 9.83. The Morgan fingerprint density at radius 1 is 1.25 bits per heavy atom. The van der Waals surface area contributed by atoms with E-state index in [0.29, 0.717) is 12.4 Å². The van der Waals surface area contributed by atoms with Gasteiger partial charge in [0.15, 0.2) is 0 Å². The van der Waals surface area contributed by atoms with E-state index in [0.717, 1.165) is 22.5 Å². The van der Waals surface area contributed by atoms with Gasteiger partial charge in [-0.15, -0.1) is 10.2 Å². The van der Waals surface area contributed by atoms with Crippen LogP contribution in [0.2, 0.25) is 0 Å². The molecule has 1 N–H and O–H groups in total. The van der Waals surface area contributed by atoms with Gasteiger partial charge >= 0.3 is 0 Å². The summed E-state index contributed by atoms with van der Waals surface area (Å²) >= 11 is 0. The van der Waals surface area contributed by atoms with Gasteiger partial charge in [0.25, 0.3) is 0 Å². The van der Waals surface area contributed by atoms with Crippen molar-refractivity contribution in [3.63, 3.8) is 0 Å². The third-order valence-electron chi connectivity index (χ3n) is 2.91. The lowest BCUT2D eigenvalue weighted by Crippen LogP contribution is -2.03. The van der Waals surface area contributed by atoms with Crippen molar-refractivity contribution in [3.05, 3.63) is 54.4 Å². The van der Waals surface area contributed by atoms with Gasteiger partial charge in [-0.1, -0.05) is 0 Å². The lowest BCUT2D eigenvalue weighted by Gasteiger charge is -2.09. The summed E-state index contributed by atoms with van der Waals surface area (Å²) in [5, 5.41) is 10.9. The van der Waals surface area contributed by atoms with Gasteiger partial charge in [0.1, 0.15) is 0 Å². The molecule has 0 radical (unpaired) electrons. The second-order valence-electron chi connectivity index (χ2n) is 4.32. The number of hydrogen-bond donors (Lipinski definition) is 1. The van der Waals surface area contributed by atoms with Gasteiger partial charge in [-0.2, -0.15) is 0 Å². The molecular weight excluding hydrogens is 254 g/mol. The molecule has 0 aliphatic heterocycles. The molecule has 0 fully saturated rings. The van der Waals surface area contributed by atoms with E-state index < -0.39 is 0 Å². The number of hydrogen-bond acceptors (Lipinski definition) is 6. The molecule has 0 amide bonds. The number of aromatic nitrogens is 4. The van der Waals surface area contributed by atoms with Crippen molar-refractivity contribution in [2.24, 2.45) is 0 Å². The predicted octanol–water partition coefficient (Wildman–Crippen LogP) is 2.45. The molecule has 0 saturated heterocycles. The van der Waals surface area contributed by atoms with Gasteiger partial charge < -0.3 is 9.73 Å². The van der Waals surface area contributed by atoms with E-state index in [2.05, 4.69) is 25.5 Å². The van der Waals surface area contributed by atoms with E-state index in [1.807, 2.05) is 25.1 Å². The summed E-state index contributed by atoms with van der Waals surface area (Å²) in [5.74, 6) is 0.522. The minimum Gasteiger partial charge on any atom is -0.423 e. The summed E-state index contributed by atoms with van der Waals surface area (Å²) in [6.07, 6.45) is 6.41. The van der Waals surface area contributed by atoms with E-state index in [-0.39, 0.29) is 0 Å². The van der Waals surface area contributed by atoms with E-state index >= 15 is 0 Å². The SMILES string of the molecule is Cc1cc(-c2nnco2)ccc1NCc1cnccn1. The highest BCUT2D eigenvalue weighted by molar-refractivity contribution is 5.62. The van der Waals surface area contributed by atoms with Gasteiger partial charge in [0, 0.05) is 23.6 Å². The minimum absolute atomic E-state index is 0.522. The van der Waals surface area contributed by atoms with Crippen LogP contribution in [0.15, 0.2) is 47.6 Å². The number of nitrogens with one attached hydrogen (secondary N) is 1. The fourth-order valence-corrected chi connectivity index (χ4v) is 1.90. The molecule has 6 nitrogen and oxygen atoms in total. The van der Waals surface area contributed by atoms with Crippen molar-refractivity contribution < 1.29 is 4.42 Å². The molecule has 3 aromatic rings. The lowest BCUT2D eigenvalue weighted by atomic mass is 10.1. The quantitative estimate of drug-likeness (QED) is 0.782. The highest BCUT2D eigenvalue weighted by Gasteiger charge is 2.06. The van der Waals surface area contributed by atoms with Crippen LogP contribution in [0.25, 0.3) is 11.5 Å². The van der Waals surface area contributed by atoms with Gasteiger partial charge in [0.05, 0.1) is 18.4 Å². The van der Waals surface area contributed by atoms with Crippen molar-refractivity contribution in [1.82, 2.24) is 20.2 Å². The zero-order valence-electron chi connectivity index (χ0n) is 10.9. The predicted molar refractivity (Wildman–Crippen MR) is 73.8 cm³/mol. The summed E-state index contributed by atoms with van der Waals surface area (Å²) in [5.41, 5.74) is 3.95. The maximum absolute atomic E-state index is 5.18. The van der Waals surface area contributed by atoms with Crippen LogP contribution in [0.3, 0.4) is 0 Å². The second-order valence-corrected chi connectivity index (χ2v) is 4.32. The first-order valence-corrected chi connectivity index (χ1v) is 6.19. The number of nitrogens with zero attached hydrogens (tertiary/aromatic N) is 4. The van der Waals surface area contributed by atoms with Crippen LogP contribution in [-0.2, 0) is 6.54 Å². The third kappa shape index (κ3) is 2.64. The molecule has 2 aromatic heterocycles. The first-order valence-electron chi connectivity index (χ1n) is 6.19. The second kappa shape index (κ2) is 5.48. The molecule has 3 rings (SSSR count). The van der Waals surface area contributed by atoms with Crippen LogP contribution < -0.4 is 5.32 Å². The monoisotopic (exact) mass is 267 g/mol. The fraction of sp³-hybridized carbons (Fsp3) is 0.143. The number of anilines is 1. The largest absolute Gasteiger partial charge is 0.423 e. The summed E-state index contributed by atoms with van der Waals surface area (Å²) < 4.78 is 5.18. The highest BCUT2D eigenvalue weighted by Crippen LogP contribution is 2.23. The van der Waals surface area contributed by atoms with Crippen molar-refractivity contribution in [3.8, 4) is 11.5 Å². The number of rotatable bonds is 4. The Morgan fingerprint density at radius 2 is 2.20 bits per heavy atom. The molecule has 0 aliphatic carbocycles. The normalized spacial score (nSPS) is 10.4. The maximum atomic E-state index is 5.18. The number of benzene rings is 1. The summed E-state index contributed by atoms with van der Waals surface area (Å²) in [6, 6.07) is 5.94. The Morgan fingerprint density at radius 3 is 2.90 bits per heavy atom. The maximum Gasteiger partial charge on any atom is 0.247 e. The zero-order valence-corrected chi connectivity index (χ0v) is 10.9. The average Bonchev–Trinajstić information content (AvgIpc) is 3.01. The lowest BCUT2D eigenvalue weighted by molar-refractivity contribution is 0.568. The van der Waals surface area contributed by atoms with Crippen LogP contribution >= 0.6 is 0 Å². The van der Waals surface area contributed by atoms with E-state index in [1.54, 1.807) is 18.6 Å². The Labute approximate surface area is 115 Å². The molecule has 20 heavy (non-hydrogen) atoms. The Bertz CT molecular complexity index is 682. The molecule has 0 bridgehead atoms. The van der Waals surface area contributed by atoms with Crippen LogP contribution in [0.4, 0.5) is 5.69 Å². The molecule has 2 heterocycles. The topological polar surface area (TPSA) is 76.7 Å².